The summed E-state index contributed by atoms with van der Waals surface area (Å²) in [6.07, 6.45) is 0. The quantitative estimate of drug-likeness (QED) is 0.426. The lowest BCUT2D eigenvalue weighted by Gasteiger charge is -2.05. The molecule has 5 heteroatoms. The van der Waals surface area contributed by atoms with Crippen LogP contribution < -0.4 is 16.4 Å². The molecule has 0 aromatic heterocycles. The number of amides is 2. The van der Waals surface area contributed by atoms with Crippen LogP contribution in [0, 0.1) is 5.41 Å². The smallest absolute Gasteiger partial charge is 0.314 e. The van der Waals surface area contributed by atoms with Gasteiger partial charge in [0.25, 0.3) is 0 Å². The lowest BCUT2D eigenvalue weighted by molar-refractivity contribution is 0.242. The van der Waals surface area contributed by atoms with Crippen LogP contribution in [0.5, 0.6) is 0 Å². The molecule has 0 spiro atoms. The van der Waals surface area contributed by atoms with Crippen LogP contribution in [0.25, 0.3) is 0 Å². The molecule has 0 radical (unpaired) electrons. The number of benzene rings is 1. The third kappa shape index (κ3) is 3.30. The molecule has 0 atom stereocenters. The summed E-state index contributed by atoms with van der Waals surface area (Å²) in [6.45, 7) is 0.456. The van der Waals surface area contributed by atoms with E-state index in [0.29, 0.717) is 12.1 Å². The number of rotatable bonds is 3. The van der Waals surface area contributed by atoms with Crippen molar-refractivity contribution in [3.8, 4) is 0 Å². The molecule has 0 aliphatic heterocycles. The van der Waals surface area contributed by atoms with Gasteiger partial charge in [0, 0.05) is 19.2 Å². The van der Waals surface area contributed by atoms with Crippen LogP contribution in [0.1, 0.15) is 11.1 Å². The van der Waals surface area contributed by atoms with Gasteiger partial charge >= 0.3 is 6.03 Å². The maximum absolute atomic E-state index is 10.9. The topological polar surface area (TPSA) is 91.0 Å². The zero-order valence-corrected chi connectivity index (χ0v) is 8.50. The SMILES string of the molecule is CNC(=O)NCc1ccc(C(=N)N)cc1. The van der Waals surface area contributed by atoms with Crippen molar-refractivity contribution in [3.05, 3.63) is 35.4 Å². The number of urea groups is 1. The summed E-state index contributed by atoms with van der Waals surface area (Å²) >= 11 is 0. The lowest BCUT2D eigenvalue weighted by atomic mass is 10.1. The predicted octanol–water partition coefficient (Wildman–Crippen LogP) is 0.400. The summed E-state index contributed by atoms with van der Waals surface area (Å²) in [5.74, 6) is 0.0424. The van der Waals surface area contributed by atoms with Crippen LogP contribution in [0.15, 0.2) is 24.3 Å². The second-order valence-corrected chi connectivity index (χ2v) is 3.04. The number of hydrogen-bond acceptors (Lipinski definition) is 2. The number of carbonyl (C=O) groups excluding carboxylic acids is 1. The molecule has 0 saturated heterocycles. The van der Waals surface area contributed by atoms with Gasteiger partial charge in [-0.1, -0.05) is 24.3 Å². The van der Waals surface area contributed by atoms with Gasteiger partial charge in [-0.25, -0.2) is 4.79 Å². The average Bonchev–Trinajstić information content (AvgIpc) is 2.26. The molecule has 0 aliphatic rings. The van der Waals surface area contributed by atoms with E-state index in [1.54, 1.807) is 19.2 Å². The molecule has 0 heterocycles. The van der Waals surface area contributed by atoms with Gasteiger partial charge in [0.05, 0.1) is 0 Å². The second kappa shape index (κ2) is 4.99. The zero-order chi connectivity index (χ0) is 11.3. The lowest BCUT2D eigenvalue weighted by Crippen LogP contribution is -2.32. The van der Waals surface area contributed by atoms with Gasteiger partial charge in [-0.3, -0.25) is 5.41 Å². The van der Waals surface area contributed by atoms with E-state index in [9.17, 15) is 4.79 Å². The minimum atomic E-state index is -0.217. The Bertz CT molecular complexity index is 358. The highest BCUT2D eigenvalue weighted by Crippen LogP contribution is 2.03. The fourth-order valence-electron chi connectivity index (χ4n) is 1.07. The Labute approximate surface area is 88.2 Å². The first-order valence-electron chi connectivity index (χ1n) is 4.52. The largest absolute Gasteiger partial charge is 0.384 e. The highest BCUT2D eigenvalue weighted by molar-refractivity contribution is 5.94. The molecule has 0 fully saturated rings. The minimum Gasteiger partial charge on any atom is -0.384 e. The average molecular weight is 206 g/mol. The first-order valence-corrected chi connectivity index (χ1v) is 4.52. The van der Waals surface area contributed by atoms with Crippen molar-refractivity contribution in [1.29, 1.82) is 5.41 Å². The minimum absolute atomic E-state index is 0.0424. The maximum Gasteiger partial charge on any atom is 0.314 e. The van der Waals surface area contributed by atoms with E-state index in [1.165, 1.54) is 0 Å². The monoisotopic (exact) mass is 206 g/mol. The molecular weight excluding hydrogens is 192 g/mol. The Morgan fingerprint density at radius 2 is 2.00 bits per heavy atom. The fourth-order valence-corrected chi connectivity index (χ4v) is 1.07. The molecule has 15 heavy (non-hydrogen) atoms. The van der Waals surface area contributed by atoms with Gasteiger partial charge in [-0.15, -0.1) is 0 Å². The zero-order valence-electron chi connectivity index (χ0n) is 8.50. The summed E-state index contributed by atoms with van der Waals surface area (Å²) in [5.41, 5.74) is 6.95. The Kier molecular flexibility index (Phi) is 3.68. The van der Waals surface area contributed by atoms with E-state index < -0.39 is 0 Å². The molecule has 1 aromatic carbocycles. The third-order valence-corrected chi connectivity index (χ3v) is 1.95. The Balaban J connectivity index is 2.57. The Morgan fingerprint density at radius 1 is 1.40 bits per heavy atom. The molecule has 0 saturated carbocycles. The third-order valence-electron chi connectivity index (χ3n) is 1.95. The molecular formula is C10H14N4O. The van der Waals surface area contributed by atoms with Crippen LogP contribution in [0.4, 0.5) is 4.79 Å². The van der Waals surface area contributed by atoms with E-state index >= 15 is 0 Å². The van der Waals surface area contributed by atoms with Gasteiger partial charge in [-0.2, -0.15) is 0 Å². The Morgan fingerprint density at radius 3 is 2.47 bits per heavy atom. The van der Waals surface area contributed by atoms with Crippen molar-refractivity contribution in [1.82, 2.24) is 10.6 Å². The number of nitrogens with two attached hydrogens (primary N) is 1. The summed E-state index contributed by atoms with van der Waals surface area (Å²) < 4.78 is 0. The summed E-state index contributed by atoms with van der Waals surface area (Å²) in [7, 11) is 1.56. The van der Waals surface area contributed by atoms with Gasteiger partial charge in [0.2, 0.25) is 0 Å². The second-order valence-electron chi connectivity index (χ2n) is 3.04. The standard InChI is InChI=1S/C10H14N4O/c1-13-10(15)14-6-7-2-4-8(5-3-7)9(11)12/h2-5H,6H2,1H3,(H3,11,12)(H2,13,14,15). The van der Waals surface area contributed by atoms with E-state index in [0.717, 1.165) is 5.56 Å². The van der Waals surface area contributed by atoms with Crippen LogP contribution in [0.3, 0.4) is 0 Å². The van der Waals surface area contributed by atoms with E-state index in [1.807, 2.05) is 12.1 Å². The van der Waals surface area contributed by atoms with Gasteiger partial charge in [0.15, 0.2) is 0 Å². The number of carbonyl (C=O) groups is 1. The maximum atomic E-state index is 10.9. The van der Waals surface area contributed by atoms with Crippen LogP contribution in [-0.2, 0) is 6.54 Å². The van der Waals surface area contributed by atoms with Crippen molar-refractivity contribution < 1.29 is 4.79 Å². The van der Waals surface area contributed by atoms with Gasteiger partial charge < -0.3 is 16.4 Å². The number of amidine groups is 1. The van der Waals surface area contributed by atoms with Crippen molar-refractivity contribution in [2.45, 2.75) is 6.54 Å². The molecule has 2 amide bonds. The molecule has 0 unspecified atom stereocenters. The van der Waals surface area contributed by atoms with Crippen LogP contribution in [0.2, 0.25) is 0 Å². The van der Waals surface area contributed by atoms with Crippen molar-refractivity contribution in [3.63, 3.8) is 0 Å². The molecule has 1 rings (SSSR count). The summed E-state index contributed by atoms with van der Waals surface area (Å²) in [6, 6.07) is 6.94. The van der Waals surface area contributed by atoms with Gasteiger partial charge in [-0.05, 0) is 5.56 Å². The molecule has 5 N–H and O–H groups in total. The van der Waals surface area contributed by atoms with Crippen LogP contribution in [-0.4, -0.2) is 18.9 Å². The predicted molar refractivity (Wildman–Crippen MR) is 58.8 cm³/mol. The fraction of sp³-hybridized carbons (Fsp3) is 0.200. The highest BCUT2D eigenvalue weighted by Gasteiger charge is 1.98. The molecule has 5 nitrogen and oxygen atoms in total. The summed E-state index contributed by atoms with van der Waals surface area (Å²) in [4.78, 5) is 10.9. The normalized spacial score (nSPS) is 9.40. The number of hydrogen-bond donors (Lipinski definition) is 4. The molecule has 80 valence electrons. The Hall–Kier alpha value is -2.04. The first-order chi connectivity index (χ1) is 7.13. The van der Waals surface area contributed by atoms with E-state index in [4.69, 9.17) is 11.1 Å². The van der Waals surface area contributed by atoms with Crippen LogP contribution >= 0.6 is 0 Å². The van der Waals surface area contributed by atoms with Gasteiger partial charge in [0.1, 0.15) is 5.84 Å². The highest BCUT2D eigenvalue weighted by atomic mass is 16.2. The number of nitrogens with one attached hydrogen (secondary N) is 3. The number of nitrogen functional groups attached to an aromatic ring is 1. The molecule has 0 aliphatic carbocycles. The molecule has 0 bridgehead atoms. The van der Waals surface area contributed by atoms with E-state index in [2.05, 4.69) is 10.6 Å². The van der Waals surface area contributed by atoms with E-state index in [-0.39, 0.29) is 11.9 Å². The summed E-state index contributed by atoms with van der Waals surface area (Å²) in [5, 5.41) is 12.3. The van der Waals surface area contributed by atoms with Crippen molar-refractivity contribution in [2.24, 2.45) is 5.73 Å². The van der Waals surface area contributed by atoms with Crippen molar-refractivity contribution in [2.75, 3.05) is 7.05 Å². The van der Waals surface area contributed by atoms with Crippen molar-refractivity contribution >= 4 is 11.9 Å². The first kappa shape index (κ1) is 11.0. The molecule has 1 aromatic rings.